The van der Waals surface area contributed by atoms with Crippen LogP contribution in [0.5, 0.6) is 0 Å². The molecule has 0 radical (unpaired) electrons. The number of rotatable bonds is 1. The van der Waals surface area contributed by atoms with Crippen LogP contribution in [-0.4, -0.2) is 11.6 Å². The van der Waals surface area contributed by atoms with Gasteiger partial charge in [-0.25, -0.2) is 0 Å². The fourth-order valence-electron chi connectivity index (χ4n) is 4.08. The van der Waals surface area contributed by atoms with Crippen LogP contribution < -0.4 is 10.2 Å². The Morgan fingerprint density at radius 3 is 2.56 bits per heavy atom. The van der Waals surface area contributed by atoms with E-state index in [9.17, 15) is 10.1 Å². The van der Waals surface area contributed by atoms with Crippen LogP contribution in [0.15, 0.2) is 53.1 Å². The lowest BCUT2D eigenvalue weighted by molar-refractivity contribution is -0.120. The Hall–Kier alpha value is -2.45. The Balaban J connectivity index is 1.98. The minimum Gasteiger partial charge on any atom is -0.328 e. The number of hydrogen-bond donors (Lipinski definition) is 2. The number of thiol groups is 1. The molecule has 4 nitrogen and oxygen atoms in total. The first kappa shape index (κ1) is 16.0. The molecule has 1 aliphatic carbocycles. The molecule has 0 bridgehead atoms. The number of amides is 1. The van der Waals surface area contributed by atoms with Gasteiger partial charge in [0.05, 0.1) is 10.7 Å². The Bertz CT molecular complexity index is 917. The van der Waals surface area contributed by atoms with Crippen molar-refractivity contribution in [2.75, 3.05) is 4.90 Å². The van der Waals surface area contributed by atoms with E-state index in [1.165, 1.54) is 0 Å². The second-order valence-corrected chi connectivity index (χ2v) is 7.11. The lowest BCUT2D eigenvalue weighted by atomic mass is 9.85. The Morgan fingerprint density at radius 1 is 1.08 bits per heavy atom. The molecule has 2 aromatic carbocycles. The zero-order valence-electron chi connectivity index (χ0n) is 13.8. The maximum absolute atomic E-state index is 12.5. The van der Waals surface area contributed by atoms with Gasteiger partial charge >= 0.3 is 0 Å². The zero-order chi connectivity index (χ0) is 17.4. The average molecular weight is 349 g/mol. The van der Waals surface area contributed by atoms with Gasteiger partial charge in [0, 0.05) is 5.39 Å². The van der Waals surface area contributed by atoms with Crippen LogP contribution >= 0.6 is 12.6 Å². The van der Waals surface area contributed by atoms with Gasteiger partial charge in [-0.3, -0.25) is 4.79 Å². The van der Waals surface area contributed by atoms with Crippen LogP contribution in [0.1, 0.15) is 32.1 Å². The fourth-order valence-corrected chi connectivity index (χ4v) is 4.53. The summed E-state index contributed by atoms with van der Waals surface area (Å²) >= 11 is 4.63. The standard InChI is InChI=1S/C20H19N3OS/c21-13-16-18(24)22-20(11-4-1-5-12-20)23(19(16)25)17-10-6-8-14-7-2-3-9-15(14)17/h2-3,6-10,25H,1,4-5,11-12H2,(H,22,24). The lowest BCUT2D eigenvalue weighted by Crippen LogP contribution is -2.64. The van der Waals surface area contributed by atoms with Gasteiger partial charge in [0.2, 0.25) is 0 Å². The van der Waals surface area contributed by atoms with Gasteiger partial charge in [0.15, 0.2) is 0 Å². The van der Waals surface area contributed by atoms with Crippen molar-refractivity contribution in [1.82, 2.24) is 5.32 Å². The number of carbonyl (C=O) groups is 1. The third-order valence-corrected chi connectivity index (χ3v) is 5.66. The third kappa shape index (κ3) is 2.49. The molecule has 0 atom stereocenters. The molecule has 1 spiro atoms. The second-order valence-electron chi connectivity index (χ2n) is 6.69. The van der Waals surface area contributed by atoms with Gasteiger partial charge in [-0.2, -0.15) is 5.26 Å². The summed E-state index contributed by atoms with van der Waals surface area (Å²) in [5, 5.41) is 15.3. The molecule has 126 valence electrons. The number of carbonyl (C=O) groups excluding carboxylic acids is 1. The smallest absolute Gasteiger partial charge is 0.266 e. The molecule has 0 saturated heterocycles. The van der Waals surface area contributed by atoms with Crippen molar-refractivity contribution in [2.45, 2.75) is 37.8 Å². The quantitative estimate of drug-likeness (QED) is 0.762. The number of fused-ring (bicyclic) bond motifs is 1. The maximum atomic E-state index is 12.5. The number of benzene rings is 2. The Kier molecular flexibility index (Phi) is 3.93. The van der Waals surface area contributed by atoms with Crippen LogP contribution in [0.4, 0.5) is 5.69 Å². The summed E-state index contributed by atoms with van der Waals surface area (Å²) in [4.78, 5) is 14.6. The highest BCUT2D eigenvalue weighted by Crippen LogP contribution is 2.44. The third-order valence-electron chi connectivity index (χ3n) is 5.24. The molecular weight excluding hydrogens is 330 g/mol. The summed E-state index contributed by atoms with van der Waals surface area (Å²) in [5.41, 5.74) is 0.557. The van der Waals surface area contributed by atoms with E-state index in [2.05, 4.69) is 41.0 Å². The first-order valence-electron chi connectivity index (χ1n) is 8.60. The van der Waals surface area contributed by atoms with E-state index < -0.39 is 5.66 Å². The summed E-state index contributed by atoms with van der Waals surface area (Å²) in [6.07, 6.45) is 4.96. The van der Waals surface area contributed by atoms with Crippen LogP contribution in [-0.2, 0) is 4.79 Å². The summed E-state index contributed by atoms with van der Waals surface area (Å²) in [5.74, 6) is -0.314. The summed E-state index contributed by atoms with van der Waals surface area (Å²) < 4.78 is 0. The van der Waals surface area contributed by atoms with E-state index >= 15 is 0 Å². The van der Waals surface area contributed by atoms with Crippen molar-refractivity contribution in [3.8, 4) is 6.07 Å². The van der Waals surface area contributed by atoms with Crippen molar-refractivity contribution in [1.29, 1.82) is 5.26 Å². The highest BCUT2D eigenvalue weighted by atomic mass is 32.1. The molecule has 1 aliphatic heterocycles. The fraction of sp³-hybridized carbons (Fsp3) is 0.300. The summed E-state index contributed by atoms with van der Waals surface area (Å²) in [6.45, 7) is 0. The van der Waals surface area contributed by atoms with Gasteiger partial charge in [-0.05, 0) is 37.1 Å². The minimum atomic E-state index is -0.503. The van der Waals surface area contributed by atoms with E-state index in [1.54, 1.807) is 0 Å². The summed E-state index contributed by atoms with van der Waals surface area (Å²) in [6, 6.07) is 16.3. The molecule has 1 heterocycles. The first-order chi connectivity index (χ1) is 12.2. The molecular formula is C20H19N3OS. The predicted molar refractivity (Wildman–Crippen MR) is 102 cm³/mol. The van der Waals surface area contributed by atoms with E-state index in [0.717, 1.165) is 48.6 Å². The van der Waals surface area contributed by atoms with Gasteiger partial charge < -0.3 is 10.2 Å². The Labute approximate surface area is 152 Å². The van der Waals surface area contributed by atoms with Gasteiger partial charge in [0.1, 0.15) is 17.3 Å². The molecule has 4 rings (SSSR count). The molecule has 1 saturated carbocycles. The van der Waals surface area contributed by atoms with E-state index in [1.807, 2.05) is 30.3 Å². The van der Waals surface area contributed by atoms with Gasteiger partial charge in [-0.15, -0.1) is 12.6 Å². The van der Waals surface area contributed by atoms with Crippen molar-refractivity contribution in [3.63, 3.8) is 0 Å². The van der Waals surface area contributed by atoms with Gasteiger partial charge in [0.25, 0.3) is 5.91 Å². The number of anilines is 1. The normalized spacial score (nSPS) is 19.8. The SMILES string of the molecule is N#CC1=C(S)N(c2cccc3ccccc23)C2(CCCCC2)NC1=O. The molecule has 2 aromatic rings. The van der Waals surface area contributed by atoms with Gasteiger partial charge in [-0.1, -0.05) is 42.8 Å². The molecule has 5 heteroatoms. The van der Waals surface area contributed by atoms with Crippen LogP contribution in [0.25, 0.3) is 10.8 Å². The topological polar surface area (TPSA) is 56.1 Å². The predicted octanol–water partition coefficient (Wildman–Crippen LogP) is 4.10. The van der Waals surface area contributed by atoms with Crippen molar-refractivity contribution >= 4 is 35.0 Å². The number of hydrogen-bond acceptors (Lipinski definition) is 4. The second kappa shape index (κ2) is 6.12. The summed E-state index contributed by atoms with van der Waals surface area (Å²) in [7, 11) is 0. The highest BCUT2D eigenvalue weighted by molar-refractivity contribution is 7.84. The molecule has 0 unspecified atom stereocenters. The van der Waals surface area contributed by atoms with Crippen LogP contribution in [0.3, 0.4) is 0 Å². The van der Waals surface area contributed by atoms with Crippen LogP contribution in [0, 0.1) is 11.3 Å². The molecule has 1 N–H and O–H groups in total. The molecule has 2 aliphatic rings. The van der Waals surface area contributed by atoms with Crippen molar-refractivity contribution in [2.24, 2.45) is 0 Å². The largest absolute Gasteiger partial charge is 0.328 e. The first-order valence-corrected chi connectivity index (χ1v) is 9.05. The number of nitrogens with one attached hydrogen (secondary N) is 1. The minimum absolute atomic E-state index is 0.0764. The lowest BCUT2D eigenvalue weighted by Gasteiger charge is -2.50. The molecule has 1 amide bonds. The zero-order valence-corrected chi connectivity index (χ0v) is 14.7. The van der Waals surface area contributed by atoms with E-state index in [0.29, 0.717) is 5.03 Å². The van der Waals surface area contributed by atoms with Crippen molar-refractivity contribution < 1.29 is 4.79 Å². The number of nitrogens with zero attached hydrogens (tertiary/aromatic N) is 2. The monoisotopic (exact) mass is 349 g/mol. The molecule has 25 heavy (non-hydrogen) atoms. The van der Waals surface area contributed by atoms with Crippen molar-refractivity contribution in [3.05, 3.63) is 53.1 Å². The van der Waals surface area contributed by atoms with Crippen LogP contribution in [0.2, 0.25) is 0 Å². The maximum Gasteiger partial charge on any atom is 0.266 e. The molecule has 1 fully saturated rings. The Morgan fingerprint density at radius 2 is 1.80 bits per heavy atom. The highest BCUT2D eigenvalue weighted by Gasteiger charge is 2.46. The van der Waals surface area contributed by atoms with E-state index in [-0.39, 0.29) is 11.5 Å². The number of nitriles is 1. The molecule has 0 aromatic heterocycles. The average Bonchev–Trinajstić information content (AvgIpc) is 2.63. The van der Waals surface area contributed by atoms with E-state index in [4.69, 9.17) is 0 Å².